The Morgan fingerprint density at radius 2 is 1.83 bits per heavy atom. The van der Waals surface area contributed by atoms with E-state index in [4.69, 9.17) is 4.43 Å². The highest BCUT2D eigenvalue weighted by Crippen LogP contribution is 2.37. The van der Waals surface area contributed by atoms with E-state index in [0.29, 0.717) is 6.04 Å². The first kappa shape index (κ1) is 15.3. The van der Waals surface area contributed by atoms with Crippen LogP contribution in [-0.2, 0) is 0 Å². The highest BCUT2D eigenvalue weighted by atomic mass is 28.4. The fourth-order valence-corrected chi connectivity index (χ4v) is 2.48. The Hall–Kier alpha value is -0.803. The molecule has 1 atom stereocenters. The highest BCUT2D eigenvalue weighted by Gasteiger charge is 2.38. The molecule has 0 spiro atoms. The van der Waals surface area contributed by atoms with Crippen LogP contribution >= 0.6 is 0 Å². The molecular formula is C15H27NOSi. The zero-order chi connectivity index (χ0) is 14.0. The Balaban J connectivity index is 2.92. The summed E-state index contributed by atoms with van der Waals surface area (Å²) in [5.74, 6) is 1.00. The van der Waals surface area contributed by atoms with Crippen LogP contribution in [0.15, 0.2) is 24.3 Å². The van der Waals surface area contributed by atoms with Crippen LogP contribution in [-0.4, -0.2) is 15.4 Å². The van der Waals surface area contributed by atoms with Gasteiger partial charge in [0.15, 0.2) is 0 Å². The molecule has 0 saturated carbocycles. The van der Waals surface area contributed by atoms with Crippen molar-refractivity contribution in [2.45, 2.75) is 51.9 Å². The molecule has 0 aliphatic heterocycles. The standard InChI is InChI=1S/C15H27NOSi/c1-12(16-5)13-9-8-10-14(11-13)17-18(6,7)15(2,3)4/h8-12,16H,1-7H3. The van der Waals surface area contributed by atoms with Gasteiger partial charge >= 0.3 is 0 Å². The monoisotopic (exact) mass is 265 g/mol. The van der Waals surface area contributed by atoms with E-state index in [2.05, 4.69) is 70.4 Å². The van der Waals surface area contributed by atoms with Gasteiger partial charge in [0.25, 0.3) is 0 Å². The average Bonchev–Trinajstić information content (AvgIpc) is 2.26. The lowest BCUT2D eigenvalue weighted by Gasteiger charge is -2.36. The molecule has 1 N–H and O–H groups in total. The molecule has 102 valence electrons. The van der Waals surface area contributed by atoms with Gasteiger partial charge in [-0.2, -0.15) is 0 Å². The normalized spacial score (nSPS) is 14.4. The van der Waals surface area contributed by atoms with Gasteiger partial charge in [-0.05, 0) is 49.8 Å². The van der Waals surface area contributed by atoms with E-state index in [1.165, 1.54) is 5.56 Å². The molecule has 1 aromatic rings. The third-order valence-corrected chi connectivity index (χ3v) is 8.33. The molecule has 1 rings (SSSR count). The van der Waals surface area contributed by atoms with Crippen molar-refractivity contribution in [1.29, 1.82) is 0 Å². The molecule has 1 aromatic carbocycles. The van der Waals surface area contributed by atoms with Crippen LogP contribution in [0, 0.1) is 0 Å². The summed E-state index contributed by atoms with van der Waals surface area (Å²) in [6, 6.07) is 8.78. The van der Waals surface area contributed by atoms with Crippen molar-refractivity contribution in [3.8, 4) is 5.75 Å². The van der Waals surface area contributed by atoms with Crippen LogP contribution in [0.25, 0.3) is 0 Å². The molecule has 0 aliphatic carbocycles. The largest absolute Gasteiger partial charge is 0.543 e. The lowest BCUT2D eigenvalue weighted by molar-refractivity contribution is 0.490. The van der Waals surface area contributed by atoms with Gasteiger partial charge in [0.1, 0.15) is 5.75 Å². The van der Waals surface area contributed by atoms with E-state index < -0.39 is 8.32 Å². The van der Waals surface area contributed by atoms with E-state index in [1.54, 1.807) is 0 Å². The Morgan fingerprint density at radius 1 is 1.22 bits per heavy atom. The number of benzene rings is 1. The predicted octanol–water partition coefficient (Wildman–Crippen LogP) is 4.35. The van der Waals surface area contributed by atoms with Crippen molar-refractivity contribution in [2.75, 3.05) is 7.05 Å². The van der Waals surface area contributed by atoms with Crippen LogP contribution in [0.1, 0.15) is 39.3 Å². The van der Waals surface area contributed by atoms with E-state index in [9.17, 15) is 0 Å². The fraction of sp³-hybridized carbons (Fsp3) is 0.600. The predicted molar refractivity (Wildman–Crippen MR) is 81.7 cm³/mol. The van der Waals surface area contributed by atoms with E-state index in [1.807, 2.05) is 7.05 Å². The molecular weight excluding hydrogens is 238 g/mol. The van der Waals surface area contributed by atoms with Crippen molar-refractivity contribution in [2.24, 2.45) is 0 Å². The Kier molecular flexibility index (Phi) is 4.62. The maximum absolute atomic E-state index is 6.31. The molecule has 0 aliphatic rings. The minimum absolute atomic E-state index is 0.234. The molecule has 1 unspecified atom stereocenters. The topological polar surface area (TPSA) is 21.3 Å². The third-order valence-electron chi connectivity index (χ3n) is 3.97. The summed E-state index contributed by atoms with van der Waals surface area (Å²) in [6.45, 7) is 13.5. The van der Waals surface area contributed by atoms with Gasteiger partial charge in [0, 0.05) is 6.04 Å². The van der Waals surface area contributed by atoms with E-state index in [0.717, 1.165) is 5.75 Å². The van der Waals surface area contributed by atoms with Gasteiger partial charge in [0.2, 0.25) is 8.32 Å². The SMILES string of the molecule is CNC(C)c1cccc(O[Si](C)(C)C(C)(C)C)c1. The third kappa shape index (κ3) is 3.59. The minimum atomic E-state index is -1.73. The molecule has 0 aromatic heterocycles. The average molecular weight is 265 g/mol. The fourth-order valence-electron chi connectivity index (χ4n) is 1.46. The smallest absolute Gasteiger partial charge is 0.250 e. The van der Waals surface area contributed by atoms with Crippen molar-refractivity contribution in [3.63, 3.8) is 0 Å². The molecule has 0 saturated heterocycles. The van der Waals surface area contributed by atoms with Gasteiger partial charge in [0.05, 0.1) is 0 Å². The highest BCUT2D eigenvalue weighted by molar-refractivity contribution is 6.74. The second-order valence-electron chi connectivity index (χ2n) is 6.45. The molecule has 3 heteroatoms. The molecule has 0 radical (unpaired) electrons. The van der Waals surface area contributed by atoms with Crippen molar-refractivity contribution in [1.82, 2.24) is 5.32 Å². The van der Waals surface area contributed by atoms with Crippen LogP contribution in [0.5, 0.6) is 5.75 Å². The molecule has 0 heterocycles. The second-order valence-corrected chi connectivity index (χ2v) is 11.2. The van der Waals surface area contributed by atoms with Gasteiger partial charge in [-0.1, -0.05) is 32.9 Å². The summed E-state index contributed by atoms with van der Waals surface area (Å²) < 4.78 is 6.31. The lowest BCUT2D eigenvalue weighted by atomic mass is 10.1. The number of hydrogen-bond acceptors (Lipinski definition) is 2. The Bertz CT molecular complexity index is 396. The summed E-state index contributed by atoms with van der Waals surface area (Å²) in [5.41, 5.74) is 1.27. The molecule has 18 heavy (non-hydrogen) atoms. The van der Waals surface area contributed by atoms with E-state index >= 15 is 0 Å². The molecule has 0 amide bonds. The van der Waals surface area contributed by atoms with E-state index in [-0.39, 0.29) is 5.04 Å². The number of rotatable bonds is 4. The maximum atomic E-state index is 6.31. The van der Waals surface area contributed by atoms with Crippen LogP contribution in [0.2, 0.25) is 18.1 Å². The Morgan fingerprint density at radius 3 is 2.33 bits per heavy atom. The second kappa shape index (κ2) is 5.45. The van der Waals surface area contributed by atoms with Gasteiger partial charge in [-0.3, -0.25) is 0 Å². The van der Waals surface area contributed by atoms with Crippen LogP contribution in [0.3, 0.4) is 0 Å². The summed E-state index contributed by atoms with van der Waals surface area (Å²) in [6.07, 6.45) is 0. The molecule has 0 fully saturated rings. The first-order chi connectivity index (χ1) is 8.17. The van der Waals surface area contributed by atoms with Gasteiger partial charge < -0.3 is 9.74 Å². The lowest BCUT2D eigenvalue weighted by Crippen LogP contribution is -2.43. The summed E-state index contributed by atoms with van der Waals surface area (Å²) in [7, 11) is 0.244. The quantitative estimate of drug-likeness (QED) is 0.817. The molecule has 0 bridgehead atoms. The first-order valence-electron chi connectivity index (χ1n) is 6.63. The maximum Gasteiger partial charge on any atom is 0.250 e. The zero-order valence-electron chi connectivity index (χ0n) is 12.8. The summed E-state index contributed by atoms with van der Waals surface area (Å²) in [4.78, 5) is 0. The van der Waals surface area contributed by atoms with Crippen LogP contribution in [0.4, 0.5) is 0 Å². The minimum Gasteiger partial charge on any atom is -0.543 e. The molecule has 2 nitrogen and oxygen atoms in total. The van der Waals surface area contributed by atoms with Crippen molar-refractivity contribution >= 4 is 8.32 Å². The van der Waals surface area contributed by atoms with Gasteiger partial charge in [-0.15, -0.1) is 0 Å². The number of nitrogens with one attached hydrogen (secondary N) is 1. The summed E-state index contributed by atoms with van der Waals surface area (Å²) in [5, 5.41) is 3.49. The Labute approximate surface area is 113 Å². The summed E-state index contributed by atoms with van der Waals surface area (Å²) >= 11 is 0. The zero-order valence-corrected chi connectivity index (χ0v) is 13.8. The first-order valence-corrected chi connectivity index (χ1v) is 9.54. The van der Waals surface area contributed by atoms with Crippen LogP contribution < -0.4 is 9.74 Å². The van der Waals surface area contributed by atoms with Crippen molar-refractivity contribution < 1.29 is 4.43 Å². The number of hydrogen-bond donors (Lipinski definition) is 1. The van der Waals surface area contributed by atoms with Crippen molar-refractivity contribution in [3.05, 3.63) is 29.8 Å². The van der Waals surface area contributed by atoms with Gasteiger partial charge in [-0.25, -0.2) is 0 Å².